The molecule has 0 aromatic heterocycles. The molecule has 0 spiro atoms. The lowest BCUT2D eigenvalue weighted by Gasteiger charge is -2.33. The molecule has 1 aromatic carbocycles. The van der Waals surface area contributed by atoms with E-state index in [9.17, 15) is 31.1 Å². The number of ether oxygens (including phenoxy) is 3. The summed E-state index contributed by atoms with van der Waals surface area (Å²) in [5.74, 6) is -0.994. The molecule has 23 heavy (non-hydrogen) atoms. The van der Waals surface area contributed by atoms with Crippen molar-refractivity contribution in [2.45, 2.75) is 31.2 Å². The molecule has 0 aliphatic carbocycles. The first-order valence-corrected chi connectivity index (χ1v) is 5.97. The largest absolute Gasteiger partial charge is 0.573 e. The van der Waals surface area contributed by atoms with Crippen molar-refractivity contribution < 1.29 is 50.5 Å². The summed E-state index contributed by atoms with van der Waals surface area (Å²) in [5.41, 5.74) is -0.0986. The quantitative estimate of drug-likeness (QED) is 0.656. The van der Waals surface area contributed by atoms with E-state index in [0.29, 0.717) is 0 Å². The second-order valence-electron chi connectivity index (χ2n) is 4.52. The van der Waals surface area contributed by atoms with Crippen LogP contribution in [0.1, 0.15) is 5.56 Å². The van der Waals surface area contributed by atoms with E-state index in [1.165, 1.54) is 0 Å². The molecule has 0 fully saturated rings. The fourth-order valence-electron chi connectivity index (χ4n) is 2.07. The molecule has 0 radical (unpaired) electrons. The lowest BCUT2D eigenvalue weighted by molar-refractivity contribution is -0.274. The van der Waals surface area contributed by atoms with Crippen molar-refractivity contribution in [3.63, 3.8) is 0 Å². The van der Waals surface area contributed by atoms with E-state index in [1.807, 2.05) is 0 Å². The van der Waals surface area contributed by atoms with Crippen LogP contribution in [0.2, 0.25) is 0 Å². The maximum atomic E-state index is 12.9. The molecule has 1 N–H and O–H groups in total. The predicted molar refractivity (Wildman–Crippen MR) is 60.2 cm³/mol. The molecule has 1 aromatic rings. The van der Waals surface area contributed by atoms with Gasteiger partial charge in [0.1, 0.15) is 11.5 Å². The first-order chi connectivity index (χ1) is 10.5. The Balaban J connectivity index is 2.30. The highest BCUT2D eigenvalue weighted by Gasteiger charge is 2.51. The van der Waals surface area contributed by atoms with E-state index in [0.717, 1.165) is 18.2 Å². The standard InChI is InChI=1S/C12H8F6O5/c13-11(14,15)9-8(22-10(19)20)4-5-3-6(23-12(16,17)18)1-2-7(5)21-9/h1-3,8-9H,4H2,(H,19,20)/t8-,9+/m0/s1. The smallest absolute Gasteiger partial charge is 0.477 e. The average Bonchev–Trinajstić information content (AvgIpc) is 2.33. The molecular weight excluding hydrogens is 338 g/mol. The van der Waals surface area contributed by atoms with Gasteiger partial charge in [0.15, 0.2) is 6.10 Å². The summed E-state index contributed by atoms with van der Waals surface area (Å²) in [5, 5.41) is 8.49. The minimum absolute atomic E-state index is 0.0986. The molecule has 0 saturated heterocycles. The van der Waals surface area contributed by atoms with Crippen molar-refractivity contribution >= 4 is 6.16 Å². The molecule has 0 amide bonds. The normalized spacial score (nSPS) is 21.1. The van der Waals surface area contributed by atoms with Gasteiger partial charge in [-0.1, -0.05) is 0 Å². The van der Waals surface area contributed by atoms with Crippen molar-refractivity contribution in [3.8, 4) is 11.5 Å². The third-order valence-corrected chi connectivity index (χ3v) is 2.85. The van der Waals surface area contributed by atoms with Gasteiger partial charge in [0, 0.05) is 12.0 Å². The Labute approximate surface area is 124 Å². The van der Waals surface area contributed by atoms with E-state index in [-0.39, 0.29) is 11.3 Å². The number of halogens is 6. The Kier molecular flexibility index (Phi) is 4.22. The van der Waals surface area contributed by atoms with Crippen LogP contribution in [-0.4, -0.2) is 36.0 Å². The van der Waals surface area contributed by atoms with Crippen LogP contribution in [-0.2, 0) is 11.2 Å². The number of fused-ring (bicyclic) bond motifs is 1. The number of hydrogen-bond donors (Lipinski definition) is 1. The zero-order valence-corrected chi connectivity index (χ0v) is 10.9. The molecule has 0 unspecified atom stereocenters. The van der Waals surface area contributed by atoms with Crippen LogP contribution in [0.4, 0.5) is 31.1 Å². The summed E-state index contributed by atoms with van der Waals surface area (Å²) >= 11 is 0. The topological polar surface area (TPSA) is 65.0 Å². The second kappa shape index (κ2) is 5.70. The van der Waals surface area contributed by atoms with Gasteiger partial charge in [-0.15, -0.1) is 13.2 Å². The van der Waals surface area contributed by atoms with E-state index >= 15 is 0 Å². The van der Waals surface area contributed by atoms with Crippen LogP contribution in [0.15, 0.2) is 18.2 Å². The Morgan fingerprint density at radius 3 is 2.39 bits per heavy atom. The number of hydrogen-bond acceptors (Lipinski definition) is 4. The van der Waals surface area contributed by atoms with Gasteiger partial charge in [-0.2, -0.15) is 13.2 Å². The molecular formula is C12H8F6O5. The Hall–Kier alpha value is -2.33. The third kappa shape index (κ3) is 4.33. The first kappa shape index (κ1) is 17.0. The molecule has 128 valence electrons. The van der Waals surface area contributed by atoms with E-state index in [2.05, 4.69) is 14.2 Å². The lowest BCUT2D eigenvalue weighted by Crippen LogP contribution is -2.49. The summed E-state index contributed by atoms with van der Waals surface area (Å²) in [6.45, 7) is 0. The SMILES string of the molecule is O=C(O)O[C@H]1Cc2cc(OC(F)(F)F)ccc2O[C@H]1C(F)(F)F. The molecule has 1 aliphatic heterocycles. The summed E-state index contributed by atoms with van der Waals surface area (Å²) < 4.78 is 87.4. The van der Waals surface area contributed by atoms with Crippen molar-refractivity contribution in [1.29, 1.82) is 0 Å². The fourth-order valence-corrected chi connectivity index (χ4v) is 2.07. The number of carboxylic acid groups (broad SMARTS) is 1. The minimum atomic E-state index is -4.98. The van der Waals surface area contributed by atoms with Gasteiger partial charge in [0.2, 0.25) is 6.10 Å². The molecule has 1 aliphatic rings. The number of rotatable bonds is 2. The summed E-state index contributed by atoms with van der Waals surface area (Å²) in [7, 11) is 0. The Bertz CT molecular complexity index is 597. The maximum Gasteiger partial charge on any atom is 0.573 e. The van der Waals surface area contributed by atoms with Crippen molar-refractivity contribution in [2.75, 3.05) is 0 Å². The molecule has 0 bridgehead atoms. The van der Waals surface area contributed by atoms with Crippen molar-refractivity contribution in [3.05, 3.63) is 23.8 Å². The van der Waals surface area contributed by atoms with E-state index in [1.54, 1.807) is 0 Å². The third-order valence-electron chi connectivity index (χ3n) is 2.85. The second-order valence-corrected chi connectivity index (χ2v) is 4.52. The van der Waals surface area contributed by atoms with Gasteiger partial charge >= 0.3 is 18.7 Å². The zero-order valence-electron chi connectivity index (χ0n) is 10.9. The average molecular weight is 346 g/mol. The number of alkyl halides is 6. The molecule has 2 atom stereocenters. The van der Waals surface area contributed by atoms with Gasteiger partial charge in [-0.25, -0.2) is 4.79 Å². The van der Waals surface area contributed by atoms with Crippen LogP contribution >= 0.6 is 0 Å². The summed E-state index contributed by atoms with van der Waals surface area (Å²) in [6.07, 6.45) is -17.0. The highest BCUT2D eigenvalue weighted by atomic mass is 19.4. The monoisotopic (exact) mass is 346 g/mol. The van der Waals surface area contributed by atoms with Gasteiger partial charge in [0.05, 0.1) is 0 Å². The Morgan fingerprint density at radius 1 is 1.22 bits per heavy atom. The molecule has 11 heteroatoms. The highest BCUT2D eigenvalue weighted by molar-refractivity contribution is 5.57. The van der Waals surface area contributed by atoms with Gasteiger partial charge < -0.3 is 19.3 Å². The van der Waals surface area contributed by atoms with Crippen LogP contribution in [0.3, 0.4) is 0 Å². The number of benzene rings is 1. The van der Waals surface area contributed by atoms with E-state index in [4.69, 9.17) is 5.11 Å². The molecule has 2 rings (SSSR count). The summed E-state index contributed by atoms with van der Waals surface area (Å²) in [4.78, 5) is 10.5. The van der Waals surface area contributed by atoms with Gasteiger partial charge in [0.25, 0.3) is 0 Å². The van der Waals surface area contributed by atoms with E-state index < -0.39 is 43.1 Å². The fraction of sp³-hybridized carbons (Fsp3) is 0.417. The van der Waals surface area contributed by atoms with Crippen molar-refractivity contribution in [2.24, 2.45) is 0 Å². The first-order valence-electron chi connectivity index (χ1n) is 5.97. The maximum absolute atomic E-state index is 12.9. The minimum Gasteiger partial charge on any atom is -0.477 e. The molecule has 5 nitrogen and oxygen atoms in total. The van der Waals surface area contributed by atoms with Gasteiger partial charge in [-0.3, -0.25) is 0 Å². The summed E-state index contributed by atoms with van der Waals surface area (Å²) in [6, 6.07) is 2.48. The zero-order chi connectivity index (χ0) is 17.4. The molecule has 1 heterocycles. The molecule has 0 saturated carbocycles. The lowest BCUT2D eigenvalue weighted by atomic mass is 9.98. The van der Waals surface area contributed by atoms with Crippen molar-refractivity contribution in [1.82, 2.24) is 0 Å². The van der Waals surface area contributed by atoms with Crippen LogP contribution < -0.4 is 9.47 Å². The van der Waals surface area contributed by atoms with Gasteiger partial charge in [-0.05, 0) is 18.2 Å². The predicted octanol–water partition coefficient (Wildman–Crippen LogP) is 3.51. The van der Waals surface area contributed by atoms with Crippen LogP contribution in [0.25, 0.3) is 0 Å². The Morgan fingerprint density at radius 2 is 1.87 bits per heavy atom. The number of carbonyl (C=O) groups is 1. The highest BCUT2D eigenvalue weighted by Crippen LogP contribution is 2.38. The van der Waals surface area contributed by atoms with Crippen LogP contribution in [0, 0.1) is 0 Å². The van der Waals surface area contributed by atoms with Crippen LogP contribution in [0.5, 0.6) is 11.5 Å².